The van der Waals surface area contributed by atoms with E-state index in [1.165, 1.54) is 0 Å². The summed E-state index contributed by atoms with van der Waals surface area (Å²) in [5, 5.41) is 3.90. The van der Waals surface area contributed by atoms with Crippen molar-refractivity contribution in [3.05, 3.63) is 35.7 Å². The summed E-state index contributed by atoms with van der Waals surface area (Å²) in [6, 6.07) is 7.54. The summed E-state index contributed by atoms with van der Waals surface area (Å²) in [5.41, 5.74) is 1.70. The maximum absolute atomic E-state index is 5.80. The lowest BCUT2D eigenvalue weighted by molar-refractivity contribution is 0.415. The number of hydrogen-bond acceptors (Lipinski definition) is 3. The Hall–Kier alpha value is -1.48. The van der Waals surface area contributed by atoms with Crippen molar-refractivity contribution in [3.63, 3.8) is 0 Å². The van der Waals surface area contributed by atoms with Crippen LogP contribution >= 0.6 is 11.6 Å². The first-order chi connectivity index (χ1) is 6.81. The fourth-order valence-electron chi connectivity index (χ4n) is 1.20. The third kappa shape index (κ3) is 1.59. The van der Waals surface area contributed by atoms with Gasteiger partial charge in [-0.15, -0.1) is 0 Å². The van der Waals surface area contributed by atoms with Gasteiger partial charge in [-0.25, -0.2) is 0 Å². The molecule has 0 aliphatic heterocycles. The van der Waals surface area contributed by atoms with Gasteiger partial charge in [0.15, 0.2) is 0 Å². The summed E-state index contributed by atoms with van der Waals surface area (Å²) in [6.45, 7) is 0. The van der Waals surface area contributed by atoms with E-state index in [-0.39, 0.29) is 0 Å². The lowest BCUT2D eigenvalue weighted by Crippen LogP contribution is -1.82. The van der Waals surface area contributed by atoms with E-state index in [1.54, 1.807) is 13.3 Å². The fourth-order valence-corrected chi connectivity index (χ4v) is 1.40. The van der Waals surface area contributed by atoms with E-state index in [0.29, 0.717) is 5.22 Å². The molecule has 0 N–H and O–H groups in total. The second-order valence-corrected chi connectivity index (χ2v) is 3.09. The first-order valence-electron chi connectivity index (χ1n) is 4.06. The third-order valence-electron chi connectivity index (χ3n) is 1.91. The first kappa shape index (κ1) is 9.09. The Labute approximate surface area is 86.2 Å². The van der Waals surface area contributed by atoms with Crippen LogP contribution in [-0.2, 0) is 0 Å². The van der Waals surface area contributed by atoms with E-state index in [9.17, 15) is 0 Å². The maximum Gasteiger partial charge on any atom is 0.233 e. The molecule has 1 aromatic carbocycles. The molecule has 72 valence electrons. The predicted octanol–water partition coefficient (Wildman–Crippen LogP) is 3.00. The van der Waals surface area contributed by atoms with E-state index in [4.69, 9.17) is 20.9 Å². The standard InChI is InChI=1S/C10H8ClNO2/c1-13-8-4-2-3-7(5-8)9-6-12-14-10(9)11/h2-6H,1H3. The highest BCUT2D eigenvalue weighted by Gasteiger charge is 2.07. The van der Waals surface area contributed by atoms with Gasteiger partial charge in [0.05, 0.1) is 18.9 Å². The number of hydrogen-bond donors (Lipinski definition) is 0. The number of ether oxygens (including phenoxy) is 1. The van der Waals surface area contributed by atoms with Gasteiger partial charge >= 0.3 is 0 Å². The lowest BCUT2D eigenvalue weighted by Gasteiger charge is -2.01. The molecular weight excluding hydrogens is 202 g/mol. The van der Waals surface area contributed by atoms with Gasteiger partial charge in [0.1, 0.15) is 5.75 Å². The monoisotopic (exact) mass is 209 g/mol. The van der Waals surface area contributed by atoms with Gasteiger partial charge in [-0.2, -0.15) is 0 Å². The SMILES string of the molecule is COc1cccc(-c2cnoc2Cl)c1. The molecule has 3 nitrogen and oxygen atoms in total. The number of aromatic nitrogens is 1. The minimum absolute atomic E-state index is 0.290. The second-order valence-electron chi connectivity index (χ2n) is 2.75. The van der Waals surface area contributed by atoms with E-state index in [2.05, 4.69) is 5.16 Å². The molecule has 4 heteroatoms. The minimum Gasteiger partial charge on any atom is -0.497 e. The molecule has 14 heavy (non-hydrogen) atoms. The van der Waals surface area contributed by atoms with Crippen LogP contribution in [0.15, 0.2) is 35.0 Å². The van der Waals surface area contributed by atoms with Gasteiger partial charge in [0, 0.05) is 0 Å². The number of rotatable bonds is 2. The molecule has 0 atom stereocenters. The van der Waals surface area contributed by atoms with Crippen molar-refractivity contribution in [2.45, 2.75) is 0 Å². The molecule has 0 saturated heterocycles. The summed E-state index contributed by atoms with van der Waals surface area (Å²) in [5.74, 6) is 0.778. The van der Waals surface area contributed by atoms with Crippen molar-refractivity contribution in [1.82, 2.24) is 5.16 Å². The minimum atomic E-state index is 0.290. The molecule has 0 aliphatic rings. The molecule has 0 bridgehead atoms. The van der Waals surface area contributed by atoms with Crippen molar-refractivity contribution in [2.24, 2.45) is 0 Å². The Balaban J connectivity index is 2.47. The summed E-state index contributed by atoms with van der Waals surface area (Å²) >= 11 is 5.80. The quantitative estimate of drug-likeness (QED) is 0.763. The largest absolute Gasteiger partial charge is 0.497 e. The zero-order valence-electron chi connectivity index (χ0n) is 7.53. The molecule has 0 amide bonds. The van der Waals surface area contributed by atoms with Crippen LogP contribution < -0.4 is 4.74 Å². The van der Waals surface area contributed by atoms with Crippen LogP contribution in [0.25, 0.3) is 11.1 Å². The van der Waals surface area contributed by atoms with Gasteiger partial charge < -0.3 is 9.26 Å². The highest BCUT2D eigenvalue weighted by Crippen LogP contribution is 2.29. The summed E-state index contributed by atoms with van der Waals surface area (Å²) < 4.78 is 9.87. The number of halogens is 1. The Kier molecular flexibility index (Phi) is 2.41. The summed E-state index contributed by atoms with van der Waals surface area (Å²) in [4.78, 5) is 0. The molecule has 0 aliphatic carbocycles. The molecule has 0 saturated carbocycles. The van der Waals surface area contributed by atoms with E-state index < -0.39 is 0 Å². The van der Waals surface area contributed by atoms with E-state index in [1.807, 2.05) is 24.3 Å². The van der Waals surface area contributed by atoms with Crippen LogP contribution in [0.2, 0.25) is 5.22 Å². The molecule has 0 spiro atoms. The smallest absolute Gasteiger partial charge is 0.233 e. The van der Waals surface area contributed by atoms with Gasteiger partial charge in [0.25, 0.3) is 0 Å². The van der Waals surface area contributed by atoms with Gasteiger partial charge in [-0.1, -0.05) is 17.3 Å². The highest BCUT2D eigenvalue weighted by atomic mass is 35.5. The molecule has 0 fully saturated rings. The number of methoxy groups -OCH3 is 1. The maximum atomic E-state index is 5.80. The zero-order chi connectivity index (χ0) is 9.97. The van der Waals surface area contributed by atoms with Crippen molar-refractivity contribution in [3.8, 4) is 16.9 Å². The van der Waals surface area contributed by atoms with Crippen molar-refractivity contribution in [2.75, 3.05) is 7.11 Å². The molecule has 0 unspecified atom stereocenters. The second kappa shape index (κ2) is 3.72. The van der Waals surface area contributed by atoms with Crippen LogP contribution in [0.3, 0.4) is 0 Å². The molecule has 1 aromatic heterocycles. The molecule has 2 rings (SSSR count). The molecule has 1 heterocycles. The average Bonchev–Trinajstić information content (AvgIpc) is 2.65. The Bertz CT molecular complexity index is 439. The van der Waals surface area contributed by atoms with Crippen molar-refractivity contribution in [1.29, 1.82) is 0 Å². The van der Waals surface area contributed by atoms with Crippen LogP contribution in [0.4, 0.5) is 0 Å². The van der Waals surface area contributed by atoms with Crippen LogP contribution in [0.1, 0.15) is 0 Å². The summed E-state index contributed by atoms with van der Waals surface area (Å²) in [7, 11) is 1.62. The molecule has 0 radical (unpaired) electrons. The van der Waals surface area contributed by atoms with E-state index >= 15 is 0 Å². The van der Waals surface area contributed by atoms with Crippen LogP contribution in [0, 0.1) is 0 Å². The first-order valence-corrected chi connectivity index (χ1v) is 4.43. The van der Waals surface area contributed by atoms with Crippen molar-refractivity contribution < 1.29 is 9.26 Å². The molecule has 2 aromatic rings. The van der Waals surface area contributed by atoms with E-state index in [0.717, 1.165) is 16.9 Å². The Morgan fingerprint density at radius 2 is 2.29 bits per heavy atom. The lowest BCUT2D eigenvalue weighted by atomic mass is 10.1. The number of nitrogens with zero attached hydrogens (tertiary/aromatic N) is 1. The molecular formula is C10H8ClNO2. The third-order valence-corrected chi connectivity index (χ3v) is 2.18. The topological polar surface area (TPSA) is 35.3 Å². The van der Waals surface area contributed by atoms with Gasteiger partial charge in [0.2, 0.25) is 5.22 Å². The normalized spacial score (nSPS) is 10.1. The van der Waals surface area contributed by atoms with Crippen molar-refractivity contribution >= 4 is 11.6 Å². The fraction of sp³-hybridized carbons (Fsp3) is 0.100. The van der Waals surface area contributed by atoms with Gasteiger partial charge in [-0.3, -0.25) is 0 Å². The Morgan fingerprint density at radius 1 is 1.43 bits per heavy atom. The van der Waals surface area contributed by atoms with Crippen LogP contribution in [-0.4, -0.2) is 12.3 Å². The predicted molar refractivity (Wildman–Crippen MR) is 53.5 cm³/mol. The average molecular weight is 210 g/mol. The summed E-state index contributed by atoms with van der Waals surface area (Å²) in [6.07, 6.45) is 1.58. The Morgan fingerprint density at radius 3 is 2.93 bits per heavy atom. The highest BCUT2D eigenvalue weighted by molar-refractivity contribution is 6.31. The van der Waals surface area contributed by atoms with Crippen LogP contribution in [0.5, 0.6) is 5.75 Å². The van der Waals surface area contributed by atoms with Gasteiger partial charge in [-0.05, 0) is 29.3 Å². The number of benzene rings is 1. The zero-order valence-corrected chi connectivity index (χ0v) is 8.28.